The van der Waals surface area contributed by atoms with E-state index in [0.29, 0.717) is 0 Å². The lowest BCUT2D eigenvalue weighted by atomic mass is 9.68. The van der Waals surface area contributed by atoms with Crippen LogP contribution in [0.2, 0.25) is 0 Å². The van der Waals surface area contributed by atoms with E-state index in [4.69, 9.17) is 15.0 Å². The summed E-state index contributed by atoms with van der Waals surface area (Å²) in [5.74, 6) is 6.87. The van der Waals surface area contributed by atoms with Crippen LogP contribution in [0.3, 0.4) is 0 Å². The van der Waals surface area contributed by atoms with Gasteiger partial charge in [0.2, 0.25) is 0 Å². The van der Waals surface area contributed by atoms with Crippen molar-refractivity contribution in [3.05, 3.63) is 60.1 Å². The topological polar surface area (TPSA) is 60.4 Å². The maximum absolute atomic E-state index is 5.91. The molecule has 1 aliphatic heterocycles. The Hall–Kier alpha value is -1.62. The maximum Gasteiger partial charge on any atom is 0.105 e. The summed E-state index contributed by atoms with van der Waals surface area (Å²) < 4.78 is 11.1. The van der Waals surface area contributed by atoms with Gasteiger partial charge in [0.05, 0.1) is 6.26 Å². The van der Waals surface area contributed by atoms with E-state index in [1.807, 2.05) is 18.2 Å². The molecule has 112 valence electrons. The largest absolute Gasteiger partial charge is 0.469 e. The fourth-order valence-electron chi connectivity index (χ4n) is 3.39. The first-order valence-electron chi connectivity index (χ1n) is 7.47. The normalized spacial score (nSPS) is 19.3. The molecule has 2 heterocycles. The average molecular weight is 286 g/mol. The molecule has 1 aromatic heterocycles. The molecule has 1 saturated heterocycles. The highest BCUT2D eigenvalue weighted by Gasteiger charge is 2.41. The van der Waals surface area contributed by atoms with Crippen LogP contribution in [0.15, 0.2) is 53.1 Å². The molecular weight excluding hydrogens is 264 g/mol. The molecule has 1 unspecified atom stereocenters. The zero-order valence-electron chi connectivity index (χ0n) is 12.1. The highest BCUT2D eigenvalue weighted by atomic mass is 16.5. The molecule has 0 spiro atoms. The van der Waals surface area contributed by atoms with Crippen LogP contribution < -0.4 is 11.3 Å². The van der Waals surface area contributed by atoms with Crippen molar-refractivity contribution < 1.29 is 9.15 Å². The molecule has 1 aliphatic rings. The Kier molecular flexibility index (Phi) is 4.39. The molecule has 1 atom stereocenters. The number of hydrazine groups is 1. The van der Waals surface area contributed by atoms with Gasteiger partial charge in [0.25, 0.3) is 0 Å². The van der Waals surface area contributed by atoms with E-state index in [-0.39, 0.29) is 11.5 Å². The van der Waals surface area contributed by atoms with Crippen LogP contribution in [0.1, 0.15) is 24.2 Å². The first-order valence-corrected chi connectivity index (χ1v) is 7.47. The quantitative estimate of drug-likeness (QED) is 0.654. The number of rotatable bonds is 5. The Morgan fingerprint density at radius 3 is 2.48 bits per heavy atom. The van der Waals surface area contributed by atoms with Crippen LogP contribution >= 0.6 is 0 Å². The van der Waals surface area contributed by atoms with Crippen LogP contribution in [0.25, 0.3) is 0 Å². The van der Waals surface area contributed by atoms with E-state index in [1.165, 1.54) is 5.56 Å². The van der Waals surface area contributed by atoms with Crippen molar-refractivity contribution in [3.8, 4) is 0 Å². The number of hydrogen-bond donors (Lipinski definition) is 2. The lowest BCUT2D eigenvalue weighted by Crippen LogP contribution is -2.54. The molecule has 1 fully saturated rings. The molecule has 1 aromatic carbocycles. The van der Waals surface area contributed by atoms with Gasteiger partial charge < -0.3 is 9.15 Å². The van der Waals surface area contributed by atoms with Crippen LogP contribution in [-0.4, -0.2) is 19.3 Å². The minimum Gasteiger partial charge on any atom is -0.469 e. The maximum atomic E-state index is 5.91. The van der Waals surface area contributed by atoms with Crippen molar-refractivity contribution in [2.75, 3.05) is 13.2 Å². The van der Waals surface area contributed by atoms with Gasteiger partial charge in [-0.25, -0.2) is 0 Å². The number of hydrogen-bond acceptors (Lipinski definition) is 4. The second-order valence-corrected chi connectivity index (χ2v) is 5.64. The zero-order chi connectivity index (χ0) is 14.5. The van der Waals surface area contributed by atoms with E-state index in [1.54, 1.807) is 6.26 Å². The monoisotopic (exact) mass is 286 g/mol. The second-order valence-electron chi connectivity index (χ2n) is 5.64. The van der Waals surface area contributed by atoms with E-state index in [0.717, 1.165) is 38.2 Å². The van der Waals surface area contributed by atoms with Gasteiger partial charge >= 0.3 is 0 Å². The van der Waals surface area contributed by atoms with Crippen LogP contribution in [-0.2, 0) is 16.6 Å². The number of furan rings is 1. The summed E-state index contributed by atoms with van der Waals surface area (Å²) in [5, 5.41) is 0. The molecule has 0 radical (unpaired) electrons. The summed E-state index contributed by atoms with van der Waals surface area (Å²) in [6.07, 6.45) is 4.42. The predicted octanol–water partition coefficient (Wildman–Crippen LogP) is 2.40. The number of benzene rings is 1. The summed E-state index contributed by atoms with van der Waals surface area (Å²) >= 11 is 0. The lowest BCUT2D eigenvalue weighted by molar-refractivity contribution is 0.0335. The van der Waals surface area contributed by atoms with Crippen LogP contribution in [0, 0.1) is 0 Å². The van der Waals surface area contributed by atoms with Crippen molar-refractivity contribution in [2.45, 2.75) is 30.7 Å². The first kappa shape index (κ1) is 14.3. The second kappa shape index (κ2) is 6.43. The molecule has 0 saturated carbocycles. The Morgan fingerprint density at radius 2 is 1.86 bits per heavy atom. The van der Waals surface area contributed by atoms with Crippen LogP contribution in [0.5, 0.6) is 0 Å². The summed E-state index contributed by atoms with van der Waals surface area (Å²) in [7, 11) is 0. The molecule has 21 heavy (non-hydrogen) atoms. The Labute approximate surface area is 125 Å². The third-order valence-electron chi connectivity index (χ3n) is 4.59. The van der Waals surface area contributed by atoms with Gasteiger partial charge in [-0.1, -0.05) is 30.3 Å². The van der Waals surface area contributed by atoms with Gasteiger partial charge in [-0.3, -0.25) is 11.3 Å². The molecule has 2 aromatic rings. The highest BCUT2D eigenvalue weighted by Crippen LogP contribution is 2.39. The van der Waals surface area contributed by atoms with Gasteiger partial charge in [-0.15, -0.1) is 0 Å². The summed E-state index contributed by atoms with van der Waals surface area (Å²) in [6, 6.07) is 14.7. The average Bonchev–Trinajstić information content (AvgIpc) is 3.07. The van der Waals surface area contributed by atoms with Crippen molar-refractivity contribution in [2.24, 2.45) is 5.84 Å². The molecule has 4 nitrogen and oxygen atoms in total. The molecule has 0 aliphatic carbocycles. The summed E-state index contributed by atoms with van der Waals surface area (Å²) in [5.41, 5.74) is 4.34. The van der Waals surface area contributed by atoms with E-state index in [9.17, 15) is 0 Å². The lowest BCUT2D eigenvalue weighted by Gasteiger charge is -2.43. The van der Waals surface area contributed by atoms with E-state index >= 15 is 0 Å². The smallest absolute Gasteiger partial charge is 0.105 e. The Morgan fingerprint density at radius 1 is 1.10 bits per heavy atom. The third kappa shape index (κ3) is 2.88. The molecule has 3 rings (SSSR count). The van der Waals surface area contributed by atoms with Crippen molar-refractivity contribution in [1.82, 2.24) is 5.43 Å². The van der Waals surface area contributed by atoms with Gasteiger partial charge in [-0.05, 0) is 30.5 Å². The summed E-state index contributed by atoms with van der Waals surface area (Å²) in [4.78, 5) is 0. The standard InChI is InChI=1S/C17H22N2O2/c18-19-16(13-15-7-4-10-21-15)17(8-11-20-12-9-17)14-5-2-1-3-6-14/h1-7,10,16,19H,8-9,11-13,18H2. The highest BCUT2D eigenvalue weighted by molar-refractivity contribution is 5.29. The van der Waals surface area contributed by atoms with Gasteiger partial charge in [0.15, 0.2) is 0 Å². The van der Waals surface area contributed by atoms with E-state index in [2.05, 4.69) is 29.7 Å². The van der Waals surface area contributed by atoms with E-state index < -0.39 is 0 Å². The SMILES string of the molecule is NNC(Cc1ccco1)C1(c2ccccc2)CCOCC1. The van der Waals surface area contributed by atoms with Gasteiger partial charge in [0.1, 0.15) is 5.76 Å². The Balaban J connectivity index is 1.93. The van der Waals surface area contributed by atoms with Crippen molar-refractivity contribution in [3.63, 3.8) is 0 Å². The predicted molar refractivity (Wildman–Crippen MR) is 81.7 cm³/mol. The third-order valence-corrected chi connectivity index (χ3v) is 4.59. The molecule has 0 bridgehead atoms. The van der Waals surface area contributed by atoms with Crippen molar-refractivity contribution >= 4 is 0 Å². The number of nitrogens with two attached hydrogens (primary N) is 1. The number of nitrogens with one attached hydrogen (secondary N) is 1. The van der Waals surface area contributed by atoms with Gasteiger partial charge in [0, 0.05) is 31.1 Å². The number of ether oxygens (including phenoxy) is 1. The molecule has 0 amide bonds. The first-order chi connectivity index (χ1) is 10.3. The van der Waals surface area contributed by atoms with Gasteiger partial charge in [-0.2, -0.15) is 0 Å². The zero-order valence-corrected chi connectivity index (χ0v) is 12.1. The molecule has 4 heteroatoms. The van der Waals surface area contributed by atoms with Crippen LogP contribution in [0.4, 0.5) is 0 Å². The van der Waals surface area contributed by atoms with Crippen molar-refractivity contribution in [1.29, 1.82) is 0 Å². The fraction of sp³-hybridized carbons (Fsp3) is 0.412. The minimum absolute atomic E-state index is 0.0128. The summed E-state index contributed by atoms with van der Waals surface area (Å²) in [6.45, 7) is 1.54. The molecule has 3 N–H and O–H groups in total. The minimum atomic E-state index is -0.0128. The fourth-order valence-corrected chi connectivity index (χ4v) is 3.39. The molecular formula is C17H22N2O2. The Bertz CT molecular complexity index is 533.